The molecule has 4 rings (SSSR count). The molecule has 0 radical (unpaired) electrons. The van der Waals surface area contributed by atoms with Gasteiger partial charge in [-0.3, -0.25) is 9.59 Å². The van der Waals surface area contributed by atoms with Gasteiger partial charge in [0.05, 0.1) is 40.5 Å². The van der Waals surface area contributed by atoms with Crippen LogP contribution >= 0.6 is 11.8 Å². The van der Waals surface area contributed by atoms with E-state index in [9.17, 15) is 19.2 Å². The first-order chi connectivity index (χ1) is 12.5. The van der Waals surface area contributed by atoms with Crippen molar-refractivity contribution in [1.29, 1.82) is 5.26 Å². The minimum absolute atomic E-state index is 0.206. The average molecular weight is 369 g/mol. The topological polar surface area (TPSA) is 100 Å². The normalized spacial score (nSPS) is 25.4. The van der Waals surface area contributed by atoms with Crippen LogP contribution in [0.2, 0.25) is 0 Å². The summed E-state index contributed by atoms with van der Waals surface area (Å²) in [5.74, 6) is -2.50. The predicted octanol–water partition coefficient (Wildman–Crippen LogP) is 2.50. The molecule has 1 fully saturated rings. The Hall–Kier alpha value is -3.05. The number of furan rings is 1. The quantitative estimate of drug-likeness (QED) is 0.817. The molecule has 3 heterocycles. The van der Waals surface area contributed by atoms with Crippen LogP contribution in [-0.4, -0.2) is 17.1 Å². The number of fused-ring (bicyclic) bond motifs is 1. The second-order valence-corrected chi connectivity index (χ2v) is 7.12. The molecular weight excluding hydrogens is 357 g/mol. The third-order valence-electron chi connectivity index (χ3n) is 4.54. The molecule has 8 heteroatoms. The highest BCUT2D eigenvalue weighted by molar-refractivity contribution is 8.04. The fourth-order valence-electron chi connectivity index (χ4n) is 3.40. The van der Waals surface area contributed by atoms with Gasteiger partial charge in [0, 0.05) is 0 Å². The zero-order chi connectivity index (χ0) is 18.4. The van der Waals surface area contributed by atoms with Gasteiger partial charge in [0.15, 0.2) is 0 Å². The molecule has 0 aliphatic carbocycles. The maximum atomic E-state index is 13.2. The van der Waals surface area contributed by atoms with Crippen LogP contribution in [0.5, 0.6) is 0 Å². The summed E-state index contributed by atoms with van der Waals surface area (Å²) in [6.45, 7) is 0. The Morgan fingerprint density at radius 1 is 1.19 bits per heavy atom. The Morgan fingerprint density at radius 3 is 2.54 bits per heavy atom. The van der Waals surface area contributed by atoms with Crippen LogP contribution in [0.15, 0.2) is 57.7 Å². The summed E-state index contributed by atoms with van der Waals surface area (Å²) in [6.07, 6.45) is 1.44. The summed E-state index contributed by atoms with van der Waals surface area (Å²) >= 11 is 1.01. The SMILES string of the molecule is N#CC1=C(N)S[C@@H]2C(=O)N(c3ccc(F)cc3)C(=O)[C@H]2[C@@H]1c1ccco1. The minimum atomic E-state index is -0.814. The number of imide groups is 1. The number of carbonyl (C=O) groups is 2. The van der Waals surface area contributed by atoms with Gasteiger partial charge in [0.25, 0.3) is 0 Å². The van der Waals surface area contributed by atoms with Crippen LogP contribution in [-0.2, 0) is 9.59 Å². The van der Waals surface area contributed by atoms with E-state index in [1.54, 1.807) is 12.1 Å². The number of halogens is 1. The molecule has 0 spiro atoms. The Labute approximate surface area is 152 Å². The van der Waals surface area contributed by atoms with Gasteiger partial charge >= 0.3 is 0 Å². The van der Waals surface area contributed by atoms with E-state index in [0.717, 1.165) is 16.7 Å². The van der Waals surface area contributed by atoms with Crippen molar-refractivity contribution >= 4 is 29.3 Å². The smallest absolute Gasteiger partial charge is 0.248 e. The maximum absolute atomic E-state index is 13.2. The van der Waals surface area contributed by atoms with Crippen molar-refractivity contribution in [2.75, 3.05) is 4.90 Å². The fraction of sp³-hybridized carbons (Fsp3) is 0.167. The molecule has 26 heavy (non-hydrogen) atoms. The fourth-order valence-corrected chi connectivity index (χ4v) is 4.60. The minimum Gasteiger partial charge on any atom is -0.469 e. The monoisotopic (exact) mass is 369 g/mol. The molecule has 1 saturated heterocycles. The number of thioether (sulfide) groups is 1. The van der Waals surface area contributed by atoms with Gasteiger partial charge in [-0.25, -0.2) is 9.29 Å². The second-order valence-electron chi connectivity index (χ2n) is 5.94. The van der Waals surface area contributed by atoms with Gasteiger partial charge in [0.2, 0.25) is 11.8 Å². The number of benzene rings is 1. The van der Waals surface area contributed by atoms with Crippen molar-refractivity contribution in [3.8, 4) is 6.07 Å². The van der Waals surface area contributed by atoms with Crippen LogP contribution in [0.1, 0.15) is 11.7 Å². The maximum Gasteiger partial charge on any atom is 0.248 e. The molecule has 0 saturated carbocycles. The molecule has 2 aromatic rings. The van der Waals surface area contributed by atoms with E-state index in [1.807, 2.05) is 6.07 Å². The van der Waals surface area contributed by atoms with Gasteiger partial charge in [-0.05, 0) is 36.4 Å². The van der Waals surface area contributed by atoms with Crippen molar-refractivity contribution in [3.63, 3.8) is 0 Å². The summed E-state index contributed by atoms with van der Waals surface area (Å²) in [7, 11) is 0. The van der Waals surface area contributed by atoms with Crippen LogP contribution in [0, 0.1) is 23.1 Å². The highest BCUT2D eigenvalue weighted by Crippen LogP contribution is 2.50. The molecule has 2 amide bonds. The lowest BCUT2D eigenvalue weighted by molar-refractivity contribution is -0.122. The molecule has 1 aromatic heterocycles. The number of hydrogen-bond donors (Lipinski definition) is 1. The van der Waals surface area contributed by atoms with Gasteiger partial charge < -0.3 is 10.2 Å². The Balaban J connectivity index is 1.82. The number of hydrogen-bond acceptors (Lipinski definition) is 6. The first kappa shape index (κ1) is 16.4. The van der Waals surface area contributed by atoms with E-state index >= 15 is 0 Å². The lowest BCUT2D eigenvalue weighted by Gasteiger charge is -2.28. The highest BCUT2D eigenvalue weighted by Gasteiger charge is 2.56. The Bertz CT molecular complexity index is 963. The zero-order valence-electron chi connectivity index (χ0n) is 13.3. The summed E-state index contributed by atoms with van der Waals surface area (Å²) < 4.78 is 18.6. The van der Waals surface area contributed by atoms with E-state index in [2.05, 4.69) is 0 Å². The zero-order valence-corrected chi connectivity index (χ0v) is 14.1. The van der Waals surface area contributed by atoms with Crippen LogP contribution in [0.25, 0.3) is 0 Å². The van der Waals surface area contributed by atoms with Gasteiger partial charge in [-0.15, -0.1) is 0 Å². The number of amides is 2. The first-order valence-electron chi connectivity index (χ1n) is 7.76. The van der Waals surface area contributed by atoms with E-state index in [4.69, 9.17) is 10.2 Å². The second kappa shape index (κ2) is 6.04. The van der Waals surface area contributed by atoms with Crippen molar-refractivity contribution in [3.05, 3.63) is 64.8 Å². The third-order valence-corrected chi connectivity index (χ3v) is 5.76. The summed E-state index contributed by atoms with van der Waals surface area (Å²) in [6, 6.07) is 10.5. The van der Waals surface area contributed by atoms with Crippen molar-refractivity contribution in [2.45, 2.75) is 11.2 Å². The van der Waals surface area contributed by atoms with E-state index < -0.39 is 34.7 Å². The molecule has 0 bridgehead atoms. The first-order valence-corrected chi connectivity index (χ1v) is 8.64. The molecule has 130 valence electrons. The predicted molar refractivity (Wildman–Crippen MR) is 92.0 cm³/mol. The number of nitrogens with two attached hydrogens (primary N) is 1. The summed E-state index contributed by atoms with van der Waals surface area (Å²) in [5, 5.41) is 8.96. The summed E-state index contributed by atoms with van der Waals surface area (Å²) in [5.41, 5.74) is 6.50. The van der Waals surface area contributed by atoms with Crippen LogP contribution in [0.4, 0.5) is 10.1 Å². The van der Waals surface area contributed by atoms with Gasteiger partial charge in [-0.2, -0.15) is 5.26 Å². The van der Waals surface area contributed by atoms with E-state index in [-0.39, 0.29) is 16.3 Å². The molecule has 0 unspecified atom stereocenters. The van der Waals surface area contributed by atoms with Crippen LogP contribution in [0.3, 0.4) is 0 Å². The standard InChI is InChI=1S/C18H12FN3O3S/c19-9-3-5-10(6-4-9)22-17(23)14-13(12-2-1-7-25-12)11(8-20)16(21)26-15(14)18(22)24/h1-7,13-15H,21H2/t13-,14-,15-/m0/s1. The lowest BCUT2D eigenvalue weighted by atomic mass is 9.82. The van der Waals surface area contributed by atoms with E-state index in [0.29, 0.717) is 5.76 Å². The molecule has 2 aliphatic heterocycles. The largest absolute Gasteiger partial charge is 0.469 e. The lowest BCUT2D eigenvalue weighted by Crippen LogP contribution is -2.33. The molecule has 6 nitrogen and oxygen atoms in total. The molecular formula is C18H12FN3O3S. The van der Waals surface area contributed by atoms with Crippen molar-refractivity contribution in [1.82, 2.24) is 0 Å². The van der Waals surface area contributed by atoms with E-state index in [1.165, 1.54) is 30.5 Å². The molecule has 3 atom stereocenters. The molecule has 1 aromatic carbocycles. The average Bonchev–Trinajstić information content (AvgIpc) is 3.23. The Morgan fingerprint density at radius 2 is 1.92 bits per heavy atom. The molecule has 2 N–H and O–H groups in total. The third kappa shape index (κ3) is 2.32. The van der Waals surface area contributed by atoms with Crippen molar-refractivity contribution < 1.29 is 18.4 Å². The number of rotatable bonds is 2. The van der Waals surface area contributed by atoms with Crippen LogP contribution < -0.4 is 10.6 Å². The number of carbonyl (C=O) groups excluding carboxylic acids is 2. The summed E-state index contributed by atoms with van der Waals surface area (Å²) in [4.78, 5) is 27.0. The number of allylic oxidation sites excluding steroid dienone is 1. The highest BCUT2D eigenvalue weighted by atomic mass is 32.2. The molecule has 2 aliphatic rings. The van der Waals surface area contributed by atoms with Crippen molar-refractivity contribution in [2.24, 2.45) is 11.7 Å². The number of nitriles is 1. The number of nitrogens with zero attached hydrogens (tertiary/aromatic N) is 2. The van der Waals surface area contributed by atoms with Gasteiger partial charge in [0.1, 0.15) is 16.8 Å². The number of anilines is 1. The Kier molecular flexibility index (Phi) is 3.81. The van der Waals surface area contributed by atoms with Gasteiger partial charge in [-0.1, -0.05) is 11.8 Å².